The molecule has 0 aromatic rings. The monoisotopic (exact) mass is 203 g/mol. The van der Waals surface area contributed by atoms with Crippen LogP contribution in [0.5, 0.6) is 0 Å². The first-order chi connectivity index (χ1) is 6.56. The third-order valence-corrected chi connectivity index (χ3v) is 1.90. The van der Waals surface area contributed by atoms with E-state index in [4.69, 9.17) is 9.47 Å². The molecule has 0 saturated heterocycles. The van der Waals surface area contributed by atoms with E-state index in [9.17, 15) is 0 Å². The van der Waals surface area contributed by atoms with Gasteiger partial charge in [-0.15, -0.1) is 0 Å². The summed E-state index contributed by atoms with van der Waals surface area (Å²) in [7, 11) is 1.71. The predicted octanol–water partition coefficient (Wildman–Crippen LogP) is 1.68. The summed E-state index contributed by atoms with van der Waals surface area (Å²) in [5.74, 6) is 0. The summed E-state index contributed by atoms with van der Waals surface area (Å²) < 4.78 is 10.4. The fourth-order valence-corrected chi connectivity index (χ4v) is 0.924. The molecule has 0 radical (unpaired) electrons. The van der Waals surface area contributed by atoms with Crippen molar-refractivity contribution in [3.63, 3.8) is 0 Å². The number of hydrogen-bond donors (Lipinski definition) is 1. The van der Waals surface area contributed by atoms with Crippen LogP contribution >= 0.6 is 0 Å². The average Bonchev–Trinajstić information content (AvgIpc) is 2.08. The molecule has 3 nitrogen and oxygen atoms in total. The van der Waals surface area contributed by atoms with Crippen LogP contribution < -0.4 is 5.32 Å². The van der Waals surface area contributed by atoms with Gasteiger partial charge in [0.15, 0.2) is 0 Å². The third-order valence-electron chi connectivity index (χ3n) is 1.90. The normalized spacial score (nSPS) is 12.0. The van der Waals surface area contributed by atoms with Crippen molar-refractivity contribution < 1.29 is 9.47 Å². The number of ether oxygens (including phenoxy) is 2. The molecule has 0 unspecified atom stereocenters. The highest BCUT2D eigenvalue weighted by Crippen LogP contribution is 2.17. The van der Waals surface area contributed by atoms with Gasteiger partial charge in [-0.05, 0) is 11.8 Å². The Labute approximate surface area is 88.2 Å². The maximum absolute atomic E-state index is 5.49. The lowest BCUT2D eigenvalue weighted by molar-refractivity contribution is 0.108. The molecule has 0 fully saturated rings. The van der Waals surface area contributed by atoms with Crippen LogP contribution in [0.25, 0.3) is 0 Å². The van der Waals surface area contributed by atoms with Gasteiger partial charge in [0.05, 0.1) is 13.2 Å². The molecule has 0 bridgehead atoms. The summed E-state index contributed by atoms with van der Waals surface area (Å²) in [5, 5.41) is 3.23. The fraction of sp³-hybridized carbons (Fsp3) is 1.00. The lowest BCUT2D eigenvalue weighted by atomic mass is 9.93. The lowest BCUT2D eigenvalue weighted by Gasteiger charge is -2.17. The fourth-order valence-electron chi connectivity index (χ4n) is 0.924. The molecular weight excluding hydrogens is 178 g/mol. The minimum absolute atomic E-state index is 0.378. The molecule has 3 heteroatoms. The Morgan fingerprint density at radius 2 is 1.64 bits per heavy atom. The van der Waals surface area contributed by atoms with Gasteiger partial charge in [0.1, 0.15) is 0 Å². The van der Waals surface area contributed by atoms with Crippen molar-refractivity contribution in [3.8, 4) is 0 Å². The number of rotatable bonds is 8. The van der Waals surface area contributed by atoms with Crippen molar-refractivity contribution in [1.82, 2.24) is 5.32 Å². The molecule has 0 atom stereocenters. The van der Waals surface area contributed by atoms with Crippen LogP contribution in [0.1, 0.15) is 27.2 Å². The van der Waals surface area contributed by atoms with Gasteiger partial charge in [-0.1, -0.05) is 20.8 Å². The minimum Gasteiger partial charge on any atom is -0.383 e. The number of nitrogens with one attached hydrogen (secondary N) is 1. The molecule has 0 aromatic carbocycles. The van der Waals surface area contributed by atoms with E-state index in [-0.39, 0.29) is 0 Å². The van der Waals surface area contributed by atoms with Gasteiger partial charge in [-0.25, -0.2) is 0 Å². The first kappa shape index (κ1) is 13.9. The second kappa shape index (κ2) is 8.21. The third kappa shape index (κ3) is 11.9. The summed E-state index contributed by atoms with van der Waals surface area (Å²) in [5.41, 5.74) is 0.378. The summed E-state index contributed by atoms with van der Waals surface area (Å²) in [4.78, 5) is 0. The standard InChI is InChI=1S/C11H25NO2/c1-11(2,3)5-8-14-10-7-12-6-9-13-4/h12H,5-10H2,1-4H3. The first-order valence-electron chi connectivity index (χ1n) is 5.33. The van der Waals surface area contributed by atoms with Crippen molar-refractivity contribution in [2.24, 2.45) is 5.41 Å². The van der Waals surface area contributed by atoms with Crippen LogP contribution in [0.4, 0.5) is 0 Å². The molecule has 86 valence electrons. The van der Waals surface area contributed by atoms with E-state index in [2.05, 4.69) is 26.1 Å². The zero-order valence-corrected chi connectivity index (χ0v) is 10.1. The van der Waals surface area contributed by atoms with Gasteiger partial charge >= 0.3 is 0 Å². The van der Waals surface area contributed by atoms with E-state index >= 15 is 0 Å². The van der Waals surface area contributed by atoms with E-state index in [0.717, 1.165) is 39.3 Å². The highest BCUT2D eigenvalue weighted by Gasteiger charge is 2.08. The van der Waals surface area contributed by atoms with Crippen LogP contribution in [0, 0.1) is 5.41 Å². The lowest BCUT2D eigenvalue weighted by Crippen LogP contribution is -2.24. The molecule has 0 rings (SSSR count). The predicted molar refractivity (Wildman–Crippen MR) is 59.6 cm³/mol. The maximum atomic E-state index is 5.49. The molecule has 0 saturated carbocycles. The van der Waals surface area contributed by atoms with Gasteiger partial charge in [0.25, 0.3) is 0 Å². The van der Waals surface area contributed by atoms with Crippen molar-refractivity contribution in [1.29, 1.82) is 0 Å². The maximum Gasteiger partial charge on any atom is 0.0590 e. The second-order valence-corrected chi connectivity index (χ2v) is 4.67. The van der Waals surface area contributed by atoms with Gasteiger partial charge in [0, 0.05) is 26.8 Å². The second-order valence-electron chi connectivity index (χ2n) is 4.67. The molecule has 14 heavy (non-hydrogen) atoms. The zero-order chi connectivity index (χ0) is 10.9. The molecule has 0 aliphatic rings. The van der Waals surface area contributed by atoms with Crippen LogP contribution in [-0.2, 0) is 9.47 Å². The summed E-state index contributed by atoms with van der Waals surface area (Å²) in [6.45, 7) is 10.9. The van der Waals surface area contributed by atoms with E-state index in [1.165, 1.54) is 0 Å². The van der Waals surface area contributed by atoms with Gasteiger partial charge in [0.2, 0.25) is 0 Å². The minimum atomic E-state index is 0.378. The first-order valence-corrected chi connectivity index (χ1v) is 5.33. The molecule has 0 amide bonds. The van der Waals surface area contributed by atoms with Gasteiger partial charge in [-0.2, -0.15) is 0 Å². The van der Waals surface area contributed by atoms with E-state index in [0.29, 0.717) is 5.41 Å². The summed E-state index contributed by atoms with van der Waals surface area (Å²) >= 11 is 0. The average molecular weight is 203 g/mol. The Morgan fingerprint density at radius 1 is 1.00 bits per heavy atom. The van der Waals surface area contributed by atoms with Gasteiger partial charge in [-0.3, -0.25) is 0 Å². The molecular formula is C11H25NO2. The molecule has 0 aliphatic heterocycles. The van der Waals surface area contributed by atoms with Crippen molar-refractivity contribution in [2.45, 2.75) is 27.2 Å². The van der Waals surface area contributed by atoms with Crippen LogP contribution in [0.3, 0.4) is 0 Å². The van der Waals surface area contributed by atoms with Crippen LogP contribution in [-0.4, -0.2) is 40.0 Å². The number of hydrogen-bond acceptors (Lipinski definition) is 3. The smallest absolute Gasteiger partial charge is 0.0590 e. The van der Waals surface area contributed by atoms with E-state index in [1.54, 1.807) is 7.11 Å². The largest absolute Gasteiger partial charge is 0.383 e. The van der Waals surface area contributed by atoms with Gasteiger partial charge < -0.3 is 14.8 Å². The van der Waals surface area contributed by atoms with Crippen molar-refractivity contribution in [3.05, 3.63) is 0 Å². The Balaban J connectivity index is 2.99. The highest BCUT2D eigenvalue weighted by atomic mass is 16.5. The molecule has 0 aromatic heterocycles. The van der Waals surface area contributed by atoms with E-state index < -0.39 is 0 Å². The topological polar surface area (TPSA) is 30.5 Å². The molecule has 1 N–H and O–H groups in total. The summed E-state index contributed by atoms with van der Waals surface area (Å²) in [6, 6.07) is 0. The van der Waals surface area contributed by atoms with Crippen molar-refractivity contribution >= 4 is 0 Å². The number of methoxy groups -OCH3 is 1. The highest BCUT2D eigenvalue weighted by molar-refractivity contribution is 4.59. The summed E-state index contributed by atoms with van der Waals surface area (Å²) in [6.07, 6.45) is 1.12. The quantitative estimate of drug-likeness (QED) is 0.609. The Bertz CT molecular complexity index is 121. The van der Waals surface area contributed by atoms with Crippen LogP contribution in [0.15, 0.2) is 0 Å². The van der Waals surface area contributed by atoms with Crippen LogP contribution in [0.2, 0.25) is 0 Å². The van der Waals surface area contributed by atoms with Crippen molar-refractivity contribution in [2.75, 3.05) is 40.0 Å². The van der Waals surface area contributed by atoms with E-state index in [1.807, 2.05) is 0 Å². The Hall–Kier alpha value is -0.120. The molecule has 0 spiro atoms. The molecule has 0 heterocycles. The molecule has 0 aliphatic carbocycles. The SMILES string of the molecule is COCCNCCOCCC(C)(C)C. The Morgan fingerprint density at radius 3 is 2.21 bits per heavy atom. The Kier molecular flexibility index (Phi) is 8.14. The zero-order valence-electron chi connectivity index (χ0n) is 10.1.